The summed E-state index contributed by atoms with van der Waals surface area (Å²) < 4.78 is 48.0. The molecule has 0 aliphatic carbocycles. The molecule has 0 spiro atoms. The van der Waals surface area contributed by atoms with Gasteiger partial charge in [-0.2, -0.15) is 4.99 Å². The summed E-state index contributed by atoms with van der Waals surface area (Å²) in [5.74, 6) is 0.0432. The molecule has 12 heteroatoms. The van der Waals surface area contributed by atoms with Gasteiger partial charge in [0.15, 0.2) is 26.1 Å². The highest BCUT2D eigenvalue weighted by Gasteiger charge is 2.20. The lowest BCUT2D eigenvalue weighted by Gasteiger charge is -2.05. The normalized spacial score (nSPS) is 13.3. The molecule has 0 saturated carbocycles. The lowest BCUT2D eigenvalue weighted by molar-refractivity contribution is -0.141. The predicted octanol–water partition coefficient (Wildman–Crippen LogP) is 1.90. The molecule has 2 aromatic carbocycles. The van der Waals surface area contributed by atoms with Gasteiger partial charge in [0.1, 0.15) is 12.3 Å². The van der Waals surface area contributed by atoms with E-state index in [1.54, 1.807) is 12.1 Å². The zero-order valence-corrected chi connectivity index (χ0v) is 19.4. The fraction of sp³-hybridized carbons (Fsp3) is 0.286. The number of hydrogen-bond acceptors (Lipinski definition) is 9. The van der Waals surface area contributed by atoms with Crippen molar-refractivity contribution < 1.29 is 37.0 Å². The molecule has 1 amide bonds. The van der Waals surface area contributed by atoms with Crippen LogP contribution in [0.25, 0.3) is 10.2 Å². The van der Waals surface area contributed by atoms with Gasteiger partial charge in [-0.15, -0.1) is 0 Å². The first-order valence-electron chi connectivity index (χ1n) is 9.75. The quantitative estimate of drug-likeness (QED) is 0.459. The minimum absolute atomic E-state index is 0.0910. The molecule has 0 saturated heterocycles. The van der Waals surface area contributed by atoms with Crippen LogP contribution in [0.2, 0.25) is 0 Å². The highest BCUT2D eigenvalue weighted by Crippen LogP contribution is 2.37. The molecule has 1 aromatic heterocycles. The molecule has 4 rings (SSSR count). The molecule has 2 heterocycles. The number of methoxy groups -OCH3 is 2. The van der Waals surface area contributed by atoms with Crippen molar-refractivity contribution >= 4 is 43.3 Å². The maximum Gasteiger partial charge on any atom is 0.325 e. The van der Waals surface area contributed by atoms with Crippen molar-refractivity contribution in [1.82, 2.24) is 4.57 Å². The number of rotatable bonds is 7. The highest BCUT2D eigenvalue weighted by atomic mass is 32.2. The second-order valence-electron chi connectivity index (χ2n) is 6.97. The van der Waals surface area contributed by atoms with Crippen molar-refractivity contribution in [3.63, 3.8) is 0 Å². The van der Waals surface area contributed by atoms with Gasteiger partial charge in [0.25, 0.3) is 0 Å². The van der Waals surface area contributed by atoms with Crippen LogP contribution in [0.3, 0.4) is 0 Å². The van der Waals surface area contributed by atoms with Crippen LogP contribution in [-0.4, -0.2) is 51.6 Å². The zero-order chi connectivity index (χ0) is 23.6. The van der Waals surface area contributed by atoms with Gasteiger partial charge in [0, 0.05) is 18.6 Å². The number of nitrogens with zero attached hydrogens (tertiary/aromatic N) is 2. The molecule has 0 unspecified atom stereocenters. The van der Waals surface area contributed by atoms with E-state index in [-0.39, 0.29) is 29.5 Å². The molecule has 0 radical (unpaired) electrons. The van der Waals surface area contributed by atoms with Crippen LogP contribution in [0.1, 0.15) is 6.42 Å². The van der Waals surface area contributed by atoms with Crippen LogP contribution in [0.5, 0.6) is 17.2 Å². The van der Waals surface area contributed by atoms with Crippen LogP contribution in [0.4, 0.5) is 0 Å². The first kappa shape index (κ1) is 22.8. The average Bonchev–Trinajstić information content (AvgIpc) is 3.40. The molecule has 3 aromatic rings. The smallest absolute Gasteiger partial charge is 0.325 e. The molecular weight excluding hydrogens is 472 g/mol. The molecular formula is C21H20N2O8S2. The summed E-state index contributed by atoms with van der Waals surface area (Å²) >= 11 is 1.17. The van der Waals surface area contributed by atoms with Gasteiger partial charge in [0.2, 0.25) is 12.7 Å². The van der Waals surface area contributed by atoms with Gasteiger partial charge < -0.3 is 23.5 Å². The molecule has 33 heavy (non-hydrogen) atoms. The van der Waals surface area contributed by atoms with E-state index in [9.17, 15) is 18.0 Å². The predicted molar refractivity (Wildman–Crippen MR) is 118 cm³/mol. The number of ether oxygens (including phenoxy) is 4. The van der Waals surface area contributed by atoms with E-state index in [0.29, 0.717) is 22.8 Å². The SMILES string of the molecule is COC(=O)Cn1c(=NC(=O)CCS(=O)(=O)c2ccc(OC)cc2)sc2cc3c(cc21)OCO3. The minimum Gasteiger partial charge on any atom is -0.497 e. The zero-order valence-electron chi connectivity index (χ0n) is 17.8. The summed E-state index contributed by atoms with van der Waals surface area (Å²) in [6.45, 7) is -0.0750. The van der Waals surface area contributed by atoms with Gasteiger partial charge in [-0.1, -0.05) is 11.3 Å². The lowest BCUT2D eigenvalue weighted by Crippen LogP contribution is -2.22. The molecule has 10 nitrogen and oxygen atoms in total. The Morgan fingerprint density at radius 2 is 1.82 bits per heavy atom. The van der Waals surface area contributed by atoms with E-state index < -0.39 is 27.5 Å². The largest absolute Gasteiger partial charge is 0.497 e. The van der Waals surface area contributed by atoms with Crippen LogP contribution in [0.15, 0.2) is 46.3 Å². The summed E-state index contributed by atoms with van der Waals surface area (Å²) in [5.41, 5.74) is 0.618. The van der Waals surface area contributed by atoms with E-state index >= 15 is 0 Å². The topological polar surface area (TPSA) is 122 Å². The third-order valence-corrected chi connectivity index (χ3v) is 7.69. The van der Waals surface area contributed by atoms with E-state index in [1.807, 2.05) is 0 Å². The number of benzene rings is 2. The molecule has 0 atom stereocenters. The Morgan fingerprint density at radius 1 is 1.12 bits per heavy atom. The van der Waals surface area contributed by atoms with Crippen molar-refractivity contribution in [2.75, 3.05) is 26.8 Å². The van der Waals surface area contributed by atoms with Crippen LogP contribution in [0, 0.1) is 0 Å². The fourth-order valence-corrected chi connectivity index (χ4v) is 5.46. The van der Waals surface area contributed by atoms with Crippen molar-refractivity contribution in [3.05, 3.63) is 41.2 Å². The Morgan fingerprint density at radius 3 is 2.48 bits per heavy atom. The summed E-state index contributed by atoms with van der Waals surface area (Å²) in [7, 11) is -0.938. The molecule has 1 aliphatic rings. The van der Waals surface area contributed by atoms with Crippen LogP contribution >= 0.6 is 11.3 Å². The fourth-order valence-electron chi connectivity index (χ4n) is 3.18. The van der Waals surface area contributed by atoms with Gasteiger partial charge in [0.05, 0.1) is 35.1 Å². The standard InChI is InChI=1S/C21H20N2O8S2/c1-28-13-3-5-14(6-4-13)33(26,27)8-7-19(24)22-21-23(11-20(25)29-2)15-9-16-17(31-12-30-16)10-18(15)32-21/h3-6,9-10H,7-8,11-12H2,1-2H3. The number of hydrogen-bond donors (Lipinski definition) is 0. The van der Waals surface area contributed by atoms with Crippen molar-refractivity contribution in [1.29, 1.82) is 0 Å². The Hall–Kier alpha value is -3.38. The number of thiazole rings is 1. The maximum atomic E-state index is 12.6. The van der Waals surface area contributed by atoms with E-state index in [2.05, 4.69) is 4.99 Å². The Bertz CT molecular complexity index is 1390. The number of aromatic nitrogens is 1. The third kappa shape index (κ3) is 4.86. The molecule has 174 valence electrons. The number of carbonyl (C=O) groups excluding carboxylic acids is 2. The van der Waals surface area contributed by atoms with Crippen molar-refractivity contribution in [2.24, 2.45) is 4.99 Å². The van der Waals surface area contributed by atoms with Crippen molar-refractivity contribution in [2.45, 2.75) is 17.9 Å². The molecule has 1 aliphatic heterocycles. The molecule has 0 N–H and O–H groups in total. The van der Waals surface area contributed by atoms with Crippen molar-refractivity contribution in [3.8, 4) is 17.2 Å². The Kier molecular flexibility index (Phi) is 6.38. The number of fused-ring (bicyclic) bond motifs is 2. The Balaban J connectivity index is 1.61. The first-order chi connectivity index (χ1) is 15.8. The van der Waals surface area contributed by atoms with Gasteiger partial charge in [-0.25, -0.2) is 8.42 Å². The third-order valence-electron chi connectivity index (χ3n) is 4.92. The summed E-state index contributed by atoms with van der Waals surface area (Å²) in [6.07, 6.45) is -0.316. The van der Waals surface area contributed by atoms with E-state index in [1.165, 1.54) is 54.4 Å². The lowest BCUT2D eigenvalue weighted by atomic mass is 10.3. The summed E-state index contributed by atoms with van der Waals surface area (Å²) in [4.78, 5) is 28.9. The highest BCUT2D eigenvalue weighted by molar-refractivity contribution is 7.91. The van der Waals surface area contributed by atoms with E-state index in [4.69, 9.17) is 18.9 Å². The number of carbonyl (C=O) groups is 2. The first-order valence-corrected chi connectivity index (χ1v) is 12.2. The second kappa shape index (κ2) is 9.24. The van der Waals surface area contributed by atoms with E-state index in [0.717, 1.165) is 4.70 Å². The molecule has 0 bridgehead atoms. The monoisotopic (exact) mass is 492 g/mol. The van der Waals surface area contributed by atoms with Crippen LogP contribution in [-0.2, 0) is 30.7 Å². The minimum atomic E-state index is -3.68. The summed E-state index contributed by atoms with van der Waals surface area (Å²) in [5, 5.41) is 0. The second-order valence-corrected chi connectivity index (χ2v) is 10.1. The summed E-state index contributed by atoms with van der Waals surface area (Å²) in [6, 6.07) is 9.38. The average molecular weight is 493 g/mol. The number of amides is 1. The number of esters is 1. The van der Waals surface area contributed by atoms with Gasteiger partial charge in [-0.05, 0) is 24.3 Å². The van der Waals surface area contributed by atoms with Gasteiger partial charge in [-0.3, -0.25) is 9.59 Å². The van der Waals surface area contributed by atoms with Gasteiger partial charge >= 0.3 is 5.97 Å². The maximum absolute atomic E-state index is 12.6. The Labute approximate surface area is 192 Å². The van der Waals surface area contributed by atoms with Crippen LogP contribution < -0.4 is 19.0 Å². The molecule has 0 fully saturated rings. The number of sulfone groups is 1.